The molecule has 32 heavy (non-hydrogen) atoms. The van der Waals surface area contributed by atoms with Crippen molar-refractivity contribution in [2.75, 3.05) is 5.32 Å². The number of benzene rings is 3. The highest BCUT2D eigenvalue weighted by Gasteiger charge is 2.17. The summed E-state index contributed by atoms with van der Waals surface area (Å²) in [5, 5.41) is 3.61. The van der Waals surface area contributed by atoms with Crippen LogP contribution in [0.5, 0.6) is 0 Å². The summed E-state index contributed by atoms with van der Waals surface area (Å²) in [6.07, 6.45) is 0.900. The first-order valence-corrected chi connectivity index (χ1v) is 11.1. The van der Waals surface area contributed by atoms with Gasteiger partial charge in [0.2, 0.25) is 5.91 Å². The highest BCUT2D eigenvalue weighted by Crippen LogP contribution is 2.18. The lowest BCUT2D eigenvalue weighted by Crippen LogP contribution is -2.40. The van der Waals surface area contributed by atoms with Crippen molar-refractivity contribution in [2.45, 2.75) is 19.9 Å². The van der Waals surface area contributed by atoms with Gasteiger partial charge in [-0.2, -0.15) is 0 Å². The lowest BCUT2D eigenvalue weighted by atomic mass is 10.1. The summed E-state index contributed by atoms with van der Waals surface area (Å²) < 4.78 is 3.04. The molecule has 6 nitrogen and oxygen atoms in total. The van der Waals surface area contributed by atoms with Crippen LogP contribution in [0, 0.1) is 0 Å². The Morgan fingerprint density at radius 1 is 1.00 bits per heavy atom. The molecule has 4 aromatic rings. The Balaban J connectivity index is 1.80. The van der Waals surface area contributed by atoms with Gasteiger partial charge in [-0.15, -0.1) is 0 Å². The number of carbonyl (C=O) groups is 1. The van der Waals surface area contributed by atoms with Gasteiger partial charge in [-0.05, 0) is 66.6 Å². The van der Waals surface area contributed by atoms with E-state index in [0.717, 1.165) is 16.6 Å². The summed E-state index contributed by atoms with van der Waals surface area (Å²) in [7, 11) is 0. The van der Waals surface area contributed by atoms with Gasteiger partial charge in [0.15, 0.2) is 0 Å². The number of nitrogens with one attached hydrogen (secondary N) is 1. The zero-order chi connectivity index (χ0) is 22.8. The minimum absolute atomic E-state index is 0.250. The van der Waals surface area contributed by atoms with Gasteiger partial charge in [0.25, 0.3) is 5.56 Å². The Morgan fingerprint density at radius 3 is 2.34 bits per heavy atom. The highest BCUT2D eigenvalue weighted by atomic mass is 79.9. The van der Waals surface area contributed by atoms with Crippen molar-refractivity contribution in [1.82, 2.24) is 9.13 Å². The van der Waals surface area contributed by atoms with Gasteiger partial charge in [-0.3, -0.25) is 14.2 Å². The van der Waals surface area contributed by atoms with Crippen LogP contribution in [-0.2, 0) is 17.8 Å². The van der Waals surface area contributed by atoms with Crippen LogP contribution in [0.1, 0.15) is 12.5 Å². The van der Waals surface area contributed by atoms with Crippen molar-refractivity contribution in [3.63, 3.8) is 0 Å². The molecule has 0 saturated heterocycles. The average molecular weight is 513 g/mol. The highest BCUT2D eigenvalue weighted by molar-refractivity contribution is 9.10. The number of rotatable bonds is 5. The monoisotopic (exact) mass is 511 g/mol. The average Bonchev–Trinajstić information content (AvgIpc) is 2.78. The maximum absolute atomic E-state index is 13.3. The number of nitrogens with zero attached hydrogens (tertiary/aromatic N) is 2. The number of aromatic nitrogens is 2. The zero-order valence-corrected chi connectivity index (χ0v) is 19.5. The fourth-order valence-electron chi connectivity index (χ4n) is 3.48. The summed E-state index contributed by atoms with van der Waals surface area (Å²) >= 11 is 9.34. The van der Waals surface area contributed by atoms with Crippen molar-refractivity contribution >= 4 is 50.0 Å². The molecule has 0 aliphatic rings. The Bertz CT molecular complexity index is 1420. The van der Waals surface area contributed by atoms with Crippen LogP contribution in [0.3, 0.4) is 0 Å². The van der Waals surface area contributed by atoms with Crippen LogP contribution in [0.4, 0.5) is 5.69 Å². The van der Waals surface area contributed by atoms with E-state index in [1.807, 2.05) is 24.3 Å². The molecule has 0 spiro atoms. The van der Waals surface area contributed by atoms with Crippen molar-refractivity contribution in [3.05, 3.63) is 103 Å². The van der Waals surface area contributed by atoms with E-state index in [9.17, 15) is 14.4 Å². The summed E-state index contributed by atoms with van der Waals surface area (Å²) in [6, 6.07) is 18.9. The van der Waals surface area contributed by atoms with Crippen LogP contribution >= 0.6 is 27.5 Å². The van der Waals surface area contributed by atoms with E-state index >= 15 is 0 Å². The Kier molecular flexibility index (Phi) is 6.30. The molecular weight excluding hydrogens is 494 g/mol. The van der Waals surface area contributed by atoms with Crippen molar-refractivity contribution in [1.29, 1.82) is 0 Å². The van der Waals surface area contributed by atoms with E-state index in [1.54, 1.807) is 42.5 Å². The molecule has 0 bridgehead atoms. The Hall–Kier alpha value is -3.16. The second kappa shape index (κ2) is 9.14. The molecular formula is C24H19BrClN3O3. The molecule has 3 aromatic carbocycles. The number of fused-ring (bicyclic) bond motifs is 1. The van der Waals surface area contributed by atoms with Crippen molar-refractivity contribution in [2.24, 2.45) is 0 Å². The largest absolute Gasteiger partial charge is 0.336 e. The first kappa shape index (κ1) is 22.0. The summed E-state index contributed by atoms with van der Waals surface area (Å²) in [5.74, 6) is -0.373. The standard InChI is InChI=1S/C24H19BrClN3O3/c1-2-15-3-8-18(9-4-15)27-22(30)14-28-21-12-5-16(25)13-20(21)23(31)29(24(28)32)19-10-6-17(26)7-11-19/h3-13H,2,14H2,1H3,(H,27,30). The molecule has 8 heteroatoms. The minimum atomic E-state index is -0.608. The van der Waals surface area contributed by atoms with Crippen molar-refractivity contribution < 1.29 is 4.79 Å². The lowest BCUT2D eigenvalue weighted by Gasteiger charge is -2.15. The lowest BCUT2D eigenvalue weighted by molar-refractivity contribution is -0.116. The van der Waals surface area contributed by atoms with Crippen LogP contribution in [0.15, 0.2) is 80.8 Å². The third kappa shape index (κ3) is 4.40. The van der Waals surface area contributed by atoms with E-state index in [0.29, 0.717) is 31.8 Å². The second-order valence-electron chi connectivity index (χ2n) is 7.25. The van der Waals surface area contributed by atoms with Gasteiger partial charge >= 0.3 is 5.69 Å². The molecule has 0 aliphatic carbocycles. The van der Waals surface area contributed by atoms with Gasteiger partial charge in [-0.25, -0.2) is 9.36 Å². The number of hydrogen-bond acceptors (Lipinski definition) is 3. The van der Waals surface area contributed by atoms with Gasteiger partial charge in [-0.1, -0.05) is 46.6 Å². The molecule has 0 radical (unpaired) electrons. The fraction of sp³-hybridized carbons (Fsp3) is 0.125. The topological polar surface area (TPSA) is 73.1 Å². The number of halogens is 2. The molecule has 162 valence electrons. The van der Waals surface area contributed by atoms with Crippen LogP contribution in [0.2, 0.25) is 5.02 Å². The molecule has 1 heterocycles. The van der Waals surface area contributed by atoms with Crippen LogP contribution in [-0.4, -0.2) is 15.0 Å². The number of aryl methyl sites for hydroxylation is 1. The molecule has 1 amide bonds. The SMILES string of the molecule is CCc1ccc(NC(=O)Cn2c(=O)n(-c3ccc(Cl)cc3)c(=O)c3cc(Br)ccc32)cc1. The molecule has 1 N–H and O–H groups in total. The first-order valence-electron chi connectivity index (χ1n) is 9.97. The second-order valence-corrected chi connectivity index (χ2v) is 8.60. The number of hydrogen-bond donors (Lipinski definition) is 1. The van der Waals surface area contributed by atoms with Crippen LogP contribution < -0.4 is 16.6 Å². The maximum Gasteiger partial charge on any atom is 0.336 e. The smallest absolute Gasteiger partial charge is 0.325 e. The predicted octanol–water partition coefficient (Wildman–Crippen LogP) is 4.77. The summed E-state index contributed by atoms with van der Waals surface area (Å²) in [5.41, 5.74) is 1.47. The number of amides is 1. The zero-order valence-electron chi connectivity index (χ0n) is 17.1. The molecule has 1 aromatic heterocycles. The van der Waals surface area contributed by atoms with E-state index in [4.69, 9.17) is 11.6 Å². The molecule has 0 aliphatic heterocycles. The molecule has 0 fully saturated rings. The van der Waals surface area contributed by atoms with Gasteiger partial charge < -0.3 is 5.32 Å². The van der Waals surface area contributed by atoms with E-state index < -0.39 is 11.2 Å². The third-order valence-corrected chi connectivity index (χ3v) is 5.88. The van der Waals surface area contributed by atoms with Gasteiger partial charge in [0.05, 0.1) is 16.6 Å². The van der Waals surface area contributed by atoms with Crippen molar-refractivity contribution in [3.8, 4) is 5.69 Å². The van der Waals surface area contributed by atoms with E-state index in [2.05, 4.69) is 28.2 Å². The maximum atomic E-state index is 13.3. The summed E-state index contributed by atoms with van der Waals surface area (Å²) in [6.45, 7) is 1.81. The normalized spacial score (nSPS) is 11.0. The third-order valence-electron chi connectivity index (χ3n) is 5.14. The van der Waals surface area contributed by atoms with Crippen LogP contribution in [0.25, 0.3) is 16.6 Å². The molecule has 0 saturated carbocycles. The van der Waals surface area contributed by atoms with E-state index in [-0.39, 0.29) is 12.5 Å². The molecule has 0 atom stereocenters. The Morgan fingerprint density at radius 2 is 1.69 bits per heavy atom. The number of anilines is 1. The summed E-state index contributed by atoms with van der Waals surface area (Å²) in [4.78, 5) is 39.3. The van der Waals surface area contributed by atoms with Gasteiger partial charge in [0.1, 0.15) is 6.54 Å². The molecule has 0 unspecified atom stereocenters. The first-order chi connectivity index (χ1) is 15.4. The van der Waals surface area contributed by atoms with Gasteiger partial charge in [0, 0.05) is 15.2 Å². The fourth-order valence-corrected chi connectivity index (χ4v) is 3.97. The quantitative estimate of drug-likeness (QED) is 0.419. The molecule has 4 rings (SSSR count). The Labute approximate surface area is 197 Å². The number of carbonyl (C=O) groups excluding carboxylic acids is 1. The predicted molar refractivity (Wildman–Crippen MR) is 131 cm³/mol. The minimum Gasteiger partial charge on any atom is -0.325 e. The van der Waals surface area contributed by atoms with E-state index in [1.165, 1.54) is 4.57 Å².